The lowest BCUT2D eigenvalue weighted by Gasteiger charge is -2.36. The van der Waals surface area contributed by atoms with Gasteiger partial charge in [0, 0.05) is 45.0 Å². The third-order valence-corrected chi connectivity index (χ3v) is 11.3. The van der Waals surface area contributed by atoms with E-state index >= 15 is 0 Å². The van der Waals surface area contributed by atoms with Gasteiger partial charge in [0.2, 0.25) is 0 Å². The normalized spacial score (nSPS) is 16.5. The highest BCUT2D eigenvalue weighted by atomic mass is 15.0. The number of fused-ring (bicyclic) bond motifs is 4. The fourth-order valence-electron chi connectivity index (χ4n) is 8.61. The zero-order valence-electron chi connectivity index (χ0n) is 31.6. The molecule has 0 aliphatic heterocycles. The van der Waals surface area contributed by atoms with E-state index < -0.39 is 0 Å². The summed E-state index contributed by atoms with van der Waals surface area (Å²) in [6, 6.07) is 29.6. The molecule has 0 saturated carbocycles. The first-order valence-corrected chi connectivity index (χ1v) is 18.2. The Balaban J connectivity index is 1.48. The van der Waals surface area contributed by atoms with Crippen LogP contribution in [-0.4, -0.2) is 9.13 Å². The van der Waals surface area contributed by atoms with Crippen LogP contribution < -0.4 is 0 Å². The summed E-state index contributed by atoms with van der Waals surface area (Å²) in [7, 11) is 0. The number of allylic oxidation sites excluding steroid dienone is 3. The highest BCUT2D eigenvalue weighted by molar-refractivity contribution is 5.95. The zero-order valence-corrected chi connectivity index (χ0v) is 31.6. The van der Waals surface area contributed by atoms with Crippen molar-refractivity contribution in [2.24, 2.45) is 11.3 Å². The van der Waals surface area contributed by atoms with E-state index in [2.05, 4.69) is 182 Å². The topological polar surface area (TPSA) is 9.86 Å². The van der Waals surface area contributed by atoms with E-state index in [1.807, 2.05) is 12.2 Å². The molecule has 2 nitrogen and oxygen atoms in total. The van der Waals surface area contributed by atoms with Gasteiger partial charge in [-0.25, -0.2) is 0 Å². The van der Waals surface area contributed by atoms with Gasteiger partial charge in [0.25, 0.3) is 0 Å². The summed E-state index contributed by atoms with van der Waals surface area (Å²) in [6.45, 7) is 27.3. The molecular weight excluding hydrogens is 605 g/mol. The second kappa shape index (κ2) is 12.2. The number of hydrogen-bond acceptors (Lipinski definition) is 0. The molecule has 7 rings (SSSR count). The van der Waals surface area contributed by atoms with Crippen molar-refractivity contribution in [2.45, 2.75) is 80.6 Å². The number of nitrogens with zero attached hydrogens (tertiary/aromatic N) is 2. The third kappa shape index (κ3) is 5.32. The van der Waals surface area contributed by atoms with Crippen molar-refractivity contribution in [3.63, 3.8) is 0 Å². The molecule has 6 aromatic rings. The summed E-state index contributed by atoms with van der Waals surface area (Å²) in [6.07, 6.45) is 11.0. The van der Waals surface area contributed by atoms with Crippen LogP contribution in [0.5, 0.6) is 0 Å². The quantitative estimate of drug-likeness (QED) is 0.163. The summed E-state index contributed by atoms with van der Waals surface area (Å²) in [4.78, 5) is 0. The van der Waals surface area contributed by atoms with Crippen molar-refractivity contribution in [1.82, 2.24) is 9.13 Å². The molecule has 0 saturated heterocycles. The molecular formula is C48H52N2. The standard InChI is InChI=1S/C48H52N2/c1-12-13-21-41-32(4)37-18-14-15-22-44(37)49(41)42-23-16-19-35(30(42)2)36-20-17-24-43(31(36)3)50-45-29-34(47(6,7)8)25-26-38(45)39-27-28-40(48(9,10)11)33(5)46(39)50/h12-29,33,40H,1H2,2-11H3/b21-13-. The highest BCUT2D eigenvalue weighted by Gasteiger charge is 2.36. The van der Waals surface area contributed by atoms with Gasteiger partial charge in [-0.1, -0.05) is 134 Å². The molecule has 2 heteroatoms. The molecule has 0 bridgehead atoms. The van der Waals surface area contributed by atoms with Crippen molar-refractivity contribution in [2.75, 3.05) is 0 Å². The summed E-state index contributed by atoms with van der Waals surface area (Å²) < 4.78 is 5.04. The first-order valence-electron chi connectivity index (χ1n) is 18.2. The minimum Gasteiger partial charge on any atom is -0.312 e. The van der Waals surface area contributed by atoms with Crippen molar-refractivity contribution in [3.8, 4) is 22.5 Å². The maximum absolute atomic E-state index is 3.95. The predicted octanol–water partition coefficient (Wildman–Crippen LogP) is 13.5. The van der Waals surface area contributed by atoms with Gasteiger partial charge in [-0.15, -0.1) is 0 Å². The van der Waals surface area contributed by atoms with Crippen LogP contribution in [0.3, 0.4) is 0 Å². The first-order chi connectivity index (χ1) is 23.7. The molecule has 2 aromatic heterocycles. The van der Waals surface area contributed by atoms with E-state index in [0.717, 1.165) is 0 Å². The van der Waals surface area contributed by atoms with Crippen LogP contribution in [0.4, 0.5) is 0 Å². The summed E-state index contributed by atoms with van der Waals surface area (Å²) in [5.41, 5.74) is 16.9. The molecule has 1 aliphatic rings. The van der Waals surface area contributed by atoms with Crippen LogP contribution in [0, 0.1) is 32.1 Å². The van der Waals surface area contributed by atoms with E-state index in [0.29, 0.717) is 11.8 Å². The van der Waals surface area contributed by atoms with Gasteiger partial charge in [0.15, 0.2) is 0 Å². The zero-order chi connectivity index (χ0) is 35.7. The minimum atomic E-state index is 0.0499. The molecule has 0 radical (unpaired) electrons. The Morgan fingerprint density at radius 2 is 1.32 bits per heavy atom. The van der Waals surface area contributed by atoms with Crippen LogP contribution in [0.25, 0.3) is 56.5 Å². The van der Waals surface area contributed by atoms with E-state index in [1.54, 1.807) is 0 Å². The minimum absolute atomic E-state index is 0.0499. The lowest BCUT2D eigenvalue weighted by atomic mass is 9.69. The Labute approximate surface area is 299 Å². The second-order valence-electron chi connectivity index (χ2n) is 16.5. The fourth-order valence-corrected chi connectivity index (χ4v) is 8.61. The highest BCUT2D eigenvalue weighted by Crippen LogP contribution is 2.48. The molecule has 0 N–H and O–H groups in total. The monoisotopic (exact) mass is 656 g/mol. The Bertz CT molecular complexity index is 2350. The lowest BCUT2D eigenvalue weighted by Crippen LogP contribution is -2.27. The van der Waals surface area contributed by atoms with Gasteiger partial charge in [0.1, 0.15) is 0 Å². The second-order valence-corrected chi connectivity index (χ2v) is 16.5. The van der Waals surface area contributed by atoms with Crippen LogP contribution in [0.15, 0.2) is 104 Å². The van der Waals surface area contributed by atoms with Gasteiger partial charge in [0.05, 0.1) is 11.0 Å². The maximum atomic E-state index is 3.95. The van der Waals surface area contributed by atoms with Gasteiger partial charge >= 0.3 is 0 Å². The number of rotatable bonds is 5. The Kier molecular flexibility index (Phi) is 8.21. The smallest absolute Gasteiger partial charge is 0.0540 e. The van der Waals surface area contributed by atoms with Crippen LogP contribution in [0.2, 0.25) is 0 Å². The third-order valence-electron chi connectivity index (χ3n) is 11.3. The molecule has 2 heterocycles. The van der Waals surface area contributed by atoms with Crippen molar-refractivity contribution >= 4 is 34.0 Å². The molecule has 4 aromatic carbocycles. The van der Waals surface area contributed by atoms with Crippen molar-refractivity contribution in [3.05, 3.63) is 143 Å². The number of aryl methyl sites for hydroxylation is 1. The Morgan fingerprint density at radius 3 is 1.94 bits per heavy atom. The molecule has 2 unspecified atom stereocenters. The average Bonchev–Trinajstić information content (AvgIpc) is 3.55. The van der Waals surface area contributed by atoms with Crippen LogP contribution in [-0.2, 0) is 5.41 Å². The van der Waals surface area contributed by atoms with Gasteiger partial charge < -0.3 is 9.13 Å². The number of para-hydroxylation sites is 1. The van der Waals surface area contributed by atoms with Crippen LogP contribution in [0.1, 0.15) is 93.6 Å². The number of benzene rings is 4. The van der Waals surface area contributed by atoms with Gasteiger partial charge in [-0.2, -0.15) is 0 Å². The molecule has 0 spiro atoms. The molecule has 0 fully saturated rings. The first kappa shape index (κ1) is 33.7. The molecule has 50 heavy (non-hydrogen) atoms. The van der Waals surface area contributed by atoms with Gasteiger partial charge in [-0.05, 0) is 101 Å². The fraction of sp³-hybridized carbons (Fsp3) is 0.292. The van der Waals surface area contributed by atoms with E-state index in [9.17, 15) is 0 Å². The van der Waals surface area contributed by atoms with Crippen LogP contribution >= 0.6 is 0 Å². The van der Waals surface area contributed by atoms with E-state index in [-0.39, 0.29) is 10.8 Å². The van der Waals surface area contributed by atoms with Crippen molar-refractivity contribution in [1.29, 1.82) is 0 Å². The van der Waals surface area contributed by atoms with Crippen molar-refractivity contribution < 1.29 is 0 Å². The Hall–Kier alpha value is -4.82. The number of hydrogen-bond donors (Lipinski definition) is 0. The SMILES string of the molecule is C=C/C=C\c1c(C)c2ccccc2n1-c1cccc(-c2cccc(-n3c4c(c5ccc(C(C)(C)C)cc53)C=CC(C(C)(C)C)C4C)c2C)c1C. The molecule has 2 atom stereocenters. The Morgan fingerprint density at radius 1 is 0.680 bits per heavy atom. The predicted molar refractivity (Wildman–Crippen MR) is 218 cm³/mol. The maximum Gasteiger partial charge on any atom is 0.0540 e. The van der Waals surface area contributed by atoms with Gasteiger partial charge in [-0.3, -0.25) is 0 Å². The average molecular weight is 657 g/mol. The largest absolute Gasteiger partial charge is 0.312 e. The summed E-state index contributed by atoms with van der Waals surface area (Å²) >= 11 is 0. The summed E-state index contributed by atoms with van der Waals surface area (Å²) in [5, 5.41) is 2.61. The number of aromatic nitrogens is 2. The molecule has 0 amide bonds. The lowest BCUT2D eigenvalue weighted by molar-refractivity contribution is 0.255. The molecule has 254 valence electrons. The summed E-state index contributed by atoms with van der Waals surface area (Å²) in [5.74, 6) is 0.799. The van der Waals surface area contributed by atoms with E-state index in [1.165, 1.54) is 83.5 Å². The van der Waals surface area contributed by atoms with E-state index in [4.69, 9.17) is 0 Å². The molecule has 1 aliphatic carbocycles.